The van der Waals surface area contributed by atoms with Crippen molar-refractivity contribution < 1.29 is 0 Å². The lowest BCUT2D eigenvalue weighted by Crippen LogP contribution is -2.28. The molecule has 118 valence electrons. The minimum atomic E-state index is 0.661. The number of hydrogen-bond acceptors (Lipinski definition) is 3. The second kappa shape index (κ2) is 8.60. The summed E-state index contributed by atoms with van der Waals surface area (Å²) in [4.78, 5) is 6.98. The van der Waals surface area contributed by atoms with Crippen molar-refractivity contribution in [3.63, 3.8) is 0 Å². The molecule has 0 aromatic carbocycles. The lowest BCUT2D eigenvalue weighted by molar-refractivity contribution is 0.549. The molecule has 0 saturated carbocycles. The van der Waals surface area contributed by atoms with Crippen LogP contribution in [0.5, 0.6) is 0 Å². The highest BCUT2D eigenvalue weighted by Gasteiger charge is 2.14. The molecule has 2 rings (SSSR count). The predicted molar refractivity (Wildman–Crippen MR) is 91.1 cm³/mol. The summed E-state index contributed by atoms with van der Waals surface area (Å²) >= 11 is 6.47. The molecule has 0 bridgehead atoms. The van der Waals surface area contributed by atoms with E-state index in [9.17, 15) is 0 Å². The lowest BCUT2D eigenvalue weighted by Gasteiger charge is -2.26. The summed E-state index contributed by atoms with van der Waals surface area (Å²) in [6, 6.07) is 2.07. The van der Waals surface area contributed by atoms with Gasteiger partial charge in [-0.1, -0.05) is 44.7 Å². The predicted octanol–water partition coefficient (Wildman–Crippen LogP) is 4.25. The number of aromatic nitrogens is 1. The zero-order chi connectivity index (χ0) is 15.1. The molecule has 0 amide bonds. The highest BCUT2D eigenvalue weighted by Crippen LogP contribution is 2.26. The Kier molecular flexibility index (Phi) is 6.78. The van der Waals surface area contributed by atoms with Crippen molar-refractivity contribution in [3.8, 4) is 0 Å². The second-order valence-electron chi connectivity index (χ2n) is 6.43. The van der Waals surface area contributed by atoms with Gasteiger partial charge in [-0.15, -0.1) is 0 Å². The van der Waals surface area contributed by atoms with Crippen LogP contribution in [0, 0.1) is 5.92 Å². The number of halogens is 1. The summed E-state index contributed by atoms with van der Waals surface area (Å²) in [7, 11) is 0. The summed E-state index contributed by atoms with van der Waals surface area (Å²) in [5.74, 6) is 1.62. The first-order chi connectivity index (χ1) is 10.2. The molecule has 0 radical (unpaired) electrons. The fourth-order valence-electron chi connectivity index (χ4n) is 2.76. The van der Waals surface area contributed by atoms with Crippen LogP contribution < -0.4 is 10.2 Å². The Balaban J connectivity index is 1.97. The summed E-state index contributed by atoms with van der Waals surface area (Å²) in [5, 5.41) is 4.22. The highest BCUT2D eigenvalue weighted by atomic mass is 35.5. The maximum atomic E-state index is 6.47. The number of nitrogens with one attached hydrogen (secondary N) is 1. The van der Waals surface area contributed by atoms with Gasteiger partial charge in [-0.25, -0.2) is 4.98 Å². The number of rotatable bonds is 5. The van der Waals surface area contributed by atoms with Crippen LogP contribution in [-0.4, -0.2) is 24.6 Å². The first-order valence-electron chi connectivity index (χ1n) is 8.27. The Morgan fingerprint density at radius 3 is 2.48 bits per heavy atom. The Labute approximate surface area is 134 Å². The van der Waals surface area contributed by atoms with E-state index in [1.807, 2.05) is 6.20 Å². The maximum absolute atomic E-state index is 6.47. The molecule has 1 aliphatic rings. The van der Waals surface area contributed by atoms with Crippen LogP contribution in [0.3, 0.4) is 0 Å². The van der Waals surface area contributed by atoms with E-state index in [1.165, 1.54) is 32.1 Å². The first-order valence-corrected chi connectivity index (χ1v) is 8.64. The van der Waals surface area contributed by atoms with E-state index in [0.29, 0.717) is 5.92 Å². The molecule has 0 spiro atoms. The molecule has 3 nitrogen and oxygen atoms in total. The van der Waals surface area contributed by atoms with E-state index in [0.717, 1.165) is 42.6 Å². The average molecular weight is 310 g/mol. The Bertz CT molecular complexity index is 426. The van der Waals surface area contributed by atoms with Gasteiger partial charge in [0.25, 0.3) is 0 Å². The van der Waals surface area contributed by atoms with Gasteiger partial charge in [-0.3, -0.25) is 0 Å². The Hall–Kier alpha value is -0.800. The minimum absolute atomic E-state index is 0.661. The molecule has 0 atom stereocenters. The average Bonchev–Trinajstić information content (AvgIpc) is 2.39. The maximum Gasteiger partial charge on any atom is 0.147 e. The first kappa shape index (κ1) is 16.6. The monoisotopic (exact) mass is 309 g/mol. The molecular weight excluding hydrogens is 282 g/mol. The van der Waals surface area contributed by atoms with Crippen molar-refractivity contribution in [1.29, 1.82) is 0 Å². The summed E-state index contributed by atoms with van der Waals surface area (Å²) in [6.07, 6.45) is 8.48. The molecule has 1 fully saturated rings. The lowest BCUT2D eigenvalue weighted by atomic mass is 10.1. The molecule has 1 aromatic rings. The van der Waals surface area contributed by atoms with E-state index >= 15 is 0 Å². The number of anilines is 1. The van der Waals surface area contributed by atoms with Crippen LogP contribution in [0.15, 0.2) is 12.3 Å². The zero-order valence-electron chi connectivity index (χ0n) is 13.4. The molecule has 1 aliphatic heterocycles. The third-order valence-electron chi connectivity index (χ3n) is 3.92. The van der Waals surface area contributed by atoms with Gasteiger partial charge in [0.05, 0.1) is 5.02 Å². The summed E-state index contributed by atoms with van der Waals surface area (Å²) < 4.78 is 0. The fourth-order valence-corrected chi connectivity index (χ4v) is 3.07. The van der Waals surface area contributed by atoms with E-state index in [1.54, 1.807) is 0 Å². The van der Waals surface area contributed by atoms with Gasteiger partial charge < -0.3 is 10.2 Å². The van der Waals surface area contributed by atoms with Gasteiger partial charge in [-0.2, -0.15) is 0 Å². The molecule has 0 aliphatic carbocycles. The van der Waals surface area contributed by atoms with Crippen molar-refractivity contribution in [2.45, 2.75) is 52.5 Å². The van der Waals surface area contributed by atoms with Crippen molar-refractivity contribution in [2.75, 3.05) is 24.5 Å². The van der Waals surface area contributed by atoms with Gasteiger partial charge in [0, 0.05) is 25.8 Å². The van der Waals surface area contributed by atoms with Crippen LogP contribution in [0.1, 0.15) is 51.5 Å². The molecule has 2 heterocycles. The standard InChI is InChI=1S/C17H28ClN3/c1-14(2)11-19-12-15-10-16(18)17(20-13-15)21-8-6-4-3-5-7-9-21/h10,13-14,19H,3-9,11-12H2,1-2H3. The van der Waals surface area contributed by atoms with Gasteiger partial charge in [0.2, 0.25) is 0 Å². The SMILES string of the molecule is CC(C)CNCc1cnc(N2CCCCCCC2)c(Cl)c1. The van der Waals surface area contributed by atoms with Crippen LogP contribution in [-0.2, 0) is 6.54 Å². The molecule has 0 unspecified atom stereocenters. The van der Waals surface area contributed by atoms with Crippen molar-refractivity contribution in [1.82, 2.24) is 10.3 Å². The minimum Gasteiger partial charge on any atom is -0.355 e. The molecule has 1 N–H and O–H groups in total. The largest absolute Gasteiger partial charge is 0.355 e. The Morgan fingerprint density at radius 1 is 1.19 bits per heavy atom. The van der Waals surface area contributed by atoms with Crippen LogP contribution in [0.4, 0.5) is 5.82 Å². The number of hydrogen-bond donors (Lipinski definition) is 1. The van der Waals surface area contributed by atoms with Crippen LogP contribution >= 0.6 is 11.6 Å². The number of pyridine rings is 1. The van der Waals surface area contributed by atoms with Crippen LogP contribution in [0.25, 0.3) is 0 Å². The normalized spacial score (nSPS) is 16.9. The Morgan fingerprint density at radius 2 is 1.86 bits per heavy atom. The third-order valence-corrected chi connectivity index (χ3v) is 4.19. The van der Waals surface area contributed by atoms with E-state index < -0.39 is 0 Å². The molecule has 21 heavy (non-hydrogen) atoms. The van der Waals surface area contributed by atoms with Gasteiger partial charge in [-0.05, 0) is 36.9 Å². The van der Waals surface area contributed by atoms with Crippen LogP contribution in [0.2, 0.25) is 5.02 Å². The van der Waals surface area contributed by atoms with Crippen molar-refractivity contribution >= 4 is 17.4 Å². The summed E-state index contributed by atoms with van der Waals surface area (Å²) in [5.41, 5.74) is 1.16. The van der Waals surface area contributed by atoms with E-state index in [2.05, 4.69) is 35.1 Å². The molecule has 1 saturated heterocycles. The fraction of sp³-hybridized carbons (Fsp3) is 0.706. The quantitative estimate of drug-likeness (QED) is 0.881. The van der Waals surface area contributed by atoms with Crippen molar-refractivity contribution in [3.05, 3.63) is 22.8 Å². The molecule has 1 aromatic heterocycles. The van der Waals surface area contributed by atoms with E-state index in [-0.39, 0.29) is 0 Å². The van der Waals surface area contributed by atoms with Gasteiger partial charge in [0.1, 0.15) is 5.82 Å². The second-order valence-corrected chi connectivity index (χ2v) is 6.84. The smallest absolute Gasteiger partial charge is 0.147 e. The molecular formula is C17H28ClN3. The van der Waals surface area contributed by atoms with Crippen molar-refractivity contribution in [2.24, 2.45) is 5.92 Å². The number of nitrogens with zero attached hydrogens (tertiary/aromatic N) is 2. The zero-order valence-corrected chi connectivity index (χ0v) is 14.1. The van der Waals surface area contributed by atoms with Gasteiger partial charge in [0.15, 0.2) is 0 Å². The van der Waals surface area contributed by atoms with Gasteiger partial charge >= 0.3 is 0 Å². The topological polar surface area (TPSA) is 28.2 Å². The van der Waals surface area contributed by atoms with E-state index in [4.69, 9.17) is 11.6 Å². The molecule has 4 heteroatoms. The highest BCUT2D eigenvalue weighted by molar-refractivity contribution is 6.33. The summed E-state index contributed by atoms with van der Waals surface area (Å²) in [6.45, 7) is 8.44. The third kappa shape index (κ3) is 5.48.